The second-order valence-corrected chi connectivity index (χ2v) is 5.92. The van der Waals surface area contributed by atoms with E-state index in [1.54, 1.807) is 31.4 Å². The highest BCUT2D eigenvalue weighted by molar-refractivity contribution is 6.09. The predicted molar refractivity (Wildman–Crippen MR) is 90.9 cm³/mol. The number of benzene rings is 1. The molecule has 2 aromatic rings. The Morgan fingerprint density at radius 3 is 2.83 bits per heavy atom. The number of methoxy groups -OCH3 is 1. The van der Waals surface area contributed by atoms with Crippen LogP contribution in [0.4, 0.5) is 0 Å². The van der Waals surface area contributed by atoms with Crippen molar-refractivity contribution >= 4 is 17.9 Å². The number of rotatable bonds is 4. The van der Waals surface area contributed by atoms with Crippen molar-refractivity contribution in [3.63, 3.8) is 0 Å². The van der Waals surface area contributed by atoms with E-state index in [9.17, 15) is 4.79 Å². The molecule has 0 aliphatic carbocycles. The van der Waals surface area contributed by atoms with Crippen LogP contribution in [-0.2, 0) is 0 Å². The van der Waals surface area contributed by atoms with Crippen LogP contribution in [0.25, 0.3) is 12.2 Å². The molecule has 1 aliphatic heterocycles. The lowest BCUT2D eigenvalue weighted by Gasteiger charge is -2.29. The second-order valence-electron chi connectivity index (χ2n) is 5.92. The first-order valence-electron chi connectivity index (χ1n) is 7.45. The molecule has 4 heteroatoms. The maximum Gasteiger partial charge on any atom is 0.189 e. The van der Waals surface area contributed by atoms with Crippen molar-refractivity contribution < 1.29 is 14.3 Å². The molecule has 1 aromatic heterocycles. The van der Waals surface area contributed by atoms with Gasteiger partial charge >= 0.3 is 0 Å². The molecule has 0 saturated carbocycles. The molecule has 4 nitrogen and oxygen atoms in total. The molecule has 0 bridgehead atoms. The fraction of sp³-hybridized carbons (Fsp3) is 0.211. The van der Waals surface area contributed by atoms with Gasteiger partial charge in [-0.25, -0.2) is 0 Å². The number of nitrogens with one attached hydrogen (secondary N) is 1. The largest absolute Gasteiger partial charge is 0.496 e. The summed E-state index contributed by atoms with van der Waals surface area (Å²) >= 11 is 0. The van der Waals surface area contributed by atoms with Crippen LogP contribution in [0.15, 0.2) is 42.6 Å². The molecule has 0 radical (unpaired) electrons. The predicted octanol–water partition coefficient (Wildman–Crippen LogP) is 4.10. The molecular weight excluding hydrogens is 290 g/mol. The number of carbonyl (C=O) groups excluding carboxylic acids is 1. The van der Waals surface area contributed by atoms with Crippen LogP contribution in [0, 0.1) is 0 Å². The van der Waals surface area contributed by atoms with Crippen molar-refractivity contribution in [1.82, 2.24) is 4.98 Å². The van der Waals surface area contributed by atoms with Crippen molar-refractivity contribution in [2.24, 2.45) is 0 Å². The van der Waals surface area contributed by atoms with E-state index in [1.807, 2.05) is 44.3 Å². The van der Waals surface area contributed by atoms with Gasteiger partial charge in [0, 0.05) is 11.9 Å². The lowest BCUT2D eigenvalue weighted by molar-refractivity contribution is 0.103. The molecule has 0 atom stereocenters. The van der Waals surface area contributed by atoms with Crippen LogP contribution in [0.1, 0.15) is 35.5 Å². The number of aromatic nitrogens is 1. The average molecular weight is 309 g/mol. The zero-order chi connectivity index (χ0) is 16.4. The van der Waals surface area contributed by atoms with Crippen LogP contribution in [0.2, 0.25) is 0 Å². The lowest BCUT2D eigenvalue weighted by atomic mass is 9.97. The summed E-state index contributed by atoms with van der Waals surface area (Å²) in [6.07, 6.45) is 9.02. The Labute approximate surface area is 135 Å². The highest BCUT2D eigenvalue weighted by atomic mass is 16.5. The number of H-pyrrole nitrogens is 1. The lowest BCUT2D eigenvalue weighted by Crippen LogP contribution is -2.28. The molecular formula is C19H19NO3. The third-order valence-corrected chi connectivity index (χ3v) is 3.69. The van der Waals surface area contributed by atoms with Crippen molar-refractivity contribution in [1.29, 1.82) is 0 Å². The molecule has 3 rings (SSSR count). The van der Waals surface area contributed by atoms with Gasteiger partial charge in [0.25, 0.3) is 0 Å². The van der Waals surface area contributed by atoms with E-state index in [1.165, 1.54) is 0 Å². The Hall–Kier alpha value is -2.75. The summed E-state index contributed by atoms with van der Waals surface area (Å²) < 4.78 is 11.4. The molecule has 0 spiro atoms. The number of hydrogen-bond acceptors (Lipinski definition) is 3. The first kappa shape index (κ1) is 15.2. The average Bonchev–Trinajstić information content (AvgIpc) is 3.04. The third-order valence-electron chi connectivity index (χ3n) is 3.69. The molecule has 2 heterocycles. The number of ether oxygens (including phenoxy) is 2. The minimum Gasteiger partial charge on any atom is -0.496 e. The molecule has 0 fully saturated rings. The topological polar surface area (TPSA) is 51.3 Å². The van der Waals surface area contributed by atoms with Crippen molar-refractivity contribution in [2.45, 2.75) is 19.4 Å². The Kier molecular flexibility index (Phi) is 3.82. The summed E-state index contributed by atoms with van der Waals surface area (Å²) in [6.45, 7) is 3.91. The maximum absolute atomic E-state index is 12.6. The fourth-order valence-corrected chi connectivity index (χ4v) is 2.51. The maximum atomic E-state index is 12.6. The first-order chi connectivity index (χ1) is 11.0. The standard InChI is InChI=1S/C19H19NO3/c1-19(2)11-10-15-17(22-3)9-7-14(18(15)23-19)16(21)8-6-13-5-4-12-20-13/h4-12,20H,1-3H3/b8-6+. The fourth-order valence-electron chi connectivity index (χ4n) is 2.51. The van der Waals surface area contributed by atoms with Gasteiger partial charge in [-0.3, -0.25) is 4.79 Å². The van der Waals surface area contributed by atoms with Crippen molar-refractivity contribution in [3.05, 3.63) is 59.4 Å². The number of allylic oxidation sites excluding steroid dienone is 1. The summed E-state index contributed by atoms with van der Waals surface area (Å²) in [6, 6.07) is 7.32. The van der Waals surface area contributed by atoms with E-state index >= 15 is 0 Å². The van der Waals surface area contributed by atoms with E-state index in [-0.39, 0.29) is 5.78 Å². The zero-order valence-electron chi connectivity index (χ0n) is 13.4. The minimum absolute atomic E-state index is 0.107. The van der Waals surface area contributed by atoms with Crippen LogP contribution in [0.5, 0.6) is 11.5 Å². The van der Waals surface area contributed by atoms with Crippen LogP contribution < -0.4 is 9.47 Å². The normalized spacial score (nSPS) is 15.3. The van der Waals surface area contributed by atoms with Gasteiger partial charge < -0.3 is 14.5 Å². The van der Waals surface area contributed by atoms with Gasteiger partial charge in [-0.05, 0) is 62.4 Å². The summed E-state index contributed by atoms with van der Waals surface area (Å²) in [5.41, 5.74) is 1.74. The zero-order valence-corrected chi connectivity index (χ0v) is 13.4. The number of ketones is 1. The molecule has 23 heavy (non-hydrogen) atoms. The van der Waals surface area contributed by atoms with E-state index < -0.39 is 5.60 Å². The van der Waals surface area contributed by atoms with Crippen LogP contribution >= 0.6 is 0 Å². The van der Waals surface area contributed by atoms with Crippen LogP contribution in [0.3, 0.4) is 0 Å². The van der Waals surface area contributed by atoms with Gasteiger partial charge in [-0.1, -0.05) is 0 Å². The van der Waals surface area contributed by atoms with Gasteiger partial charge in [-0.15, -0.1) is 0 Å². The highest BCUT2D eigenvalue weighted by Gasteiger charge is 2.27. The summed E-state index contributed by atoms with van der Waals surface area (Å²) in [4.78, 5) is 15.6. The first-order valence-corrected chi connectivity index (χ1v) is 7.45. The highest BCUT2D eigenvalue weighted by Crippen LogP contribution is 2.39. The number of hydrogen-bond donors (Lipinski definition) is 1. The quantitative estimate of drug-likeness (QED) is 0.683. The van der Waals surface area contributed by atoms with E-state index in [0.717, 1.165) is 11.3 Å². The SMILES string of the molecule is COc1ccc(C(=O)/C=C/c2ccc[nH]2)c2c1C=CC(C)(C)O2. The Balaban J connectivity index is 2.00. The van der Waals surface area contributed by atoms with Gasteiger partial charge in [0.2, 0.25) is 0 Å². The number of aromatic amines is 1. The van der Waals surface area contributed by atoms with Gasteiger partial charge in [0.05, 0.1) is 18.2 Å². The summed E-state index contributed by atoms with van der Waals surface area (Å²) in [7, 11) is 1.61. The molecule has 0 unspecified atom stereocenters. The van der Waals surface area contributed by atoms with Crippen molar-refractivity contribution in [3.8, 4) is 11.5 Å². The van der Waals surface area contributed by atoms with Crippen LogP contribution in [-0.4, -0.2) is 23.5 Å². The number of fused-ring (bicyclic) bond motifs is 1. The van der Waals surface area contributed by atoms with Gasteiger partial charge in [0.15, 0.2) is 5.78 Å². The second kappa shape index (κ2) is 5.80. The molecule has 0 saturated heterocycles. The Morgan fingerprint density at radius 1 is 1.30 bits per heavy atom. The van der Waals surface area contributed by atoms with E-state index in [0.29, 0.717) is 17.1 Å². The smallest absolute Gasteiger partial charge is 0.189 e. The van der Waals surface area contributed by atoms with Gasteiger partial charge in [-0.2, -0.15) is 0 Å². The Bertz CT molecular complexity index is 783. The number of carbonyl (C=O) groups is 1. The van der Waals surface area contributed by atoms with Gasteiger partial charge in [0.1, 0.15) is 17.1 Å². The molecule has 1 aromatic carbocycles. The minimum atomic E-state index is -0.461. The third kappa shape index (κ3) is 3.06. The molecule has 1 N–H and O–H groups in total. The monoisotopic (exact) mass is 309 g/mol. The van der Waals surface area contributed by atoms with Crippen molar-refractivity contribution in [2.75, 3.05) is 7.11 Å². The summed E-state index contributed by atoms with van der Waals surface area (Å²) in [5, 5.41) is 0. The molecule has 118 valence electrons. The Morgan fingerprint density at radius 2 is 2.13 bits per heavy atom. The summed E-state index contributed by atoms with van der Waals surface area (Å²) in [5.74, 6) is 1.15. The molecule has 0 amide bonds. The van der Waals surface area contributed by atoms with E-state index in [4.69, 9.17) is 9.47 Å². The molecule has 1 aliphatic rings. The van der Waals surface area contributed by atoms with E-state index in [2.05, 4.69) is 4.98 Å².